The average molecular weight is 180 g/mol. The van der Waals surface area contributed by atoms with Gasteiger partial charge in [0.05, 0.1) is 0 Å². The van der Waals surface area contributed by atoms with Crippen molar-refractivity contribution in [3.05, 3.63) is 12.2 Å². The maximum absolute atomic E-state index is 3.98. The third-order valence-electron chi connectivity index (χ3n) is 3.41. The molecule has 3 atom stereocenters. The standard InChI is InChI=1S/C13H24/c1-5-11(4)6-7-12-9-13(12)8-10(2)3/h11-13H,2,5-9H2,1,3-4H3. The summed E-state index contributed by atoms with van der Waals surface area (Å²) in [5.41, 5.74) is 1.37. The molecule has 0 saturated heterocycles. The highest BCUT2D eigenvalue weighted by Gasteiger charge is 2.35. The molecule has 0 amide bonds. The summed E-state index contributed by atoms with van der Waals surface area (Å²) in [6, 6.07) is 0. The summed E-state index contributed by atoms with van der Waals surface area (Å²) < 4.78 is 0. The second-order valence-electron chi connectivity index (χ2n) is 5.01. The van der Waals surface area contributed by atoms with E-state index in [0.29, 0.717) is 0 Å². The summed E-state index contributed by atoms with van der Waals surface area (Å²) in [5, 5.41) is 0. The molecule has 1 fully saturated rings. The van der Waals surface area contributed by atoms with E-state index in [9.17, 15) is 0 Å². The molecule has 0 nitrogen and oxygen atoms in total. The van der Waals surface area contributed by atoms with Crippen LogP contribution in [0.15, 0.2) is 12.2 Å². The van der Waals surface area contributed by atoms with Crippen molar-refractivity contribution in [3.63, 3.8) is 0 Å². The summed E-state index contributed by atoms with van der Waals surface area (Å²) in [7, 11) is 0. The van der Waals surface area contributed by atoms with Crippen LogP contribution in [0.1, 0.15) is 52.9 Å². The normalized spacial score (nSPS) is 28.5. The van der Waals surface area contributed by atoms with Crippen LogP contribution < -0.4 is 0 Å². The van der Waals surface area contributed by atoms with Crippen LogP contribution in [0.3, 0.4) is 0 Å². The zero-order chi connectivity index (χ0) is 9.84. The van der Waals surface area contributed by atoms with Crippen molar-refractivity contribution >= 4 is 0 Å². The first-order chi connectivity index (χ1) is 6.13. The van der Waals surface area contributed by atoms with E-state index in [4.69, 9.17) is 0 Å². The van der Waals surface area contributed by atoms with Crippen LogP contribution in [0.5, 0.6) is 0 Å². The van der Waals surface area contributed by atoms with E-state index in [1.807, 2.05) is 0 Å². The smallest absolute Gasteiger partial charge is 0.0295 e. The van der Waals surface area contributed by atoms with Gasteiger partial charge in [0.2, 0.25) is 0 Å². The maximum atomic E-state index is 3.98. The minimum atomic E-state index is 0.936. The lowest BCUT2D eigenvalue weighted by Gasteiger charge is -2.07. The van der Waals surface area contributed by atoms with Crippen LogP contribution in [-0.4, -0.2) is 0 Å². The fourth-order valence-electron chi connectivity index (χ4n) is 2.06. The molecule has 13 heavy (non-hydrogen) atoms. The predicted molar refractivity (Wildman–Crippen MR) is 59.7 cm³/mol. The minimum absolute atomic E-state index is 0.936. The summed E-state index contributed by atoms with van der Waals surface area (Å²) in [6.45, 7) is 10.8. The molecular weight excluding hydrogens is 156 g/mol. The largest absolute Gasteiger partial charge is 0.100 e. The Morgan fingerprint density at radius 1 is 1.46 bits per heavy atom. The van der Waals surface area contributed by atoms with Crippen molar-refractivity contribution in [1.29, 1.82) is 0 Å². The van der Waals surface area contributed by atoms with Gasteiger partial charge in [-0.3, -0.25) is 0 Å². The van der Waals surface area contributed by atoms with Crippen molar-refractivity contribution < 1.29 is 0 Å². The molecule has 1 rings (SSSR count). The molecule has 0 aromatic carbocycles. The molecule has 1 aliphatic rings. The van der Waals surface area contributed by atoms with Crippen LogP contribution in [0.2, 0.25) is 0 Å². The van der Waals surface area contributed by atoms with E-state index < -0.39 is 0 Å². The van der Waals surface area contributed by atoms with Crippen molar-refractivity contribution in [2.45, 2.75) is 52.9 Å². The van der Waals surface area contributed by atoms with Gasteiger partial charge in [-0.05, 0) is 43.9 Å². The number of allylic oxidation sites excluding steroid dienone is 1. The average Bonchev–Trinajstić information content (AvgIpc) is 2.78. The van der Waals surface area contributed by atoms with Crippen LogP contribution >= 0.6 is 0 Å². The van der Waals surface area contributed by atoms with Crippen LogP contribution in [0, 0.1) is 17.8 Å². The Labute approximate surface area is 83.4 Å². The molecule has 0 bridgehead atoms. The Balaban J connectivity index is 2.04. The van der Waals surface area contributed by atoms with Gasteiger partial charge in [-0.2, -0.15) is 0 Å². The topological polar surface area (TPSA) is 0 Å². The molecule has 1 aliphatic carbocycles. The second-order valence-corrected chi connectivity index (χ2v) is 5.01. The summed E-state index contributed by atoms with van der Waals surface area (Å²) in [4.78, 5) is 0. The van der Waals surface area contributed by atoms with Crippen molar-refractivity contribution in [1.82, 2.24) is 0 Å². The summed E-state index contributed by atoms with van der Waals surface area (Å²) in [5.74, 6) is 2.98. The van der Waals surface area contributed by atoms with Crippen LogP contribution in [0.25, 0.3) is 0 Å². The fourth-order valence-corrected chi connectivity index (χ4v) is 2.06. The van der Waals surface area contributed by atoms with Gasteiger partial charge in [0.25, 0.3) is 0 Å². The Hall–Kier alpha value is -0.260. The predicted octanol–water partition coefficient (Wildman–Crippen LogP) is 4.42. The molecule has 76 valence electrons. The van der Waals surface area contributed by atoms with E-state index in [1.165, 1.54) is 37.7 Å². The third-order valence-corrected chi connectivity index (χ3v) is 3.41. The van der Waals surface area contributed by atoms with E-state index >= 15 is 0 Å². The molecule has 0 aromatic rings. The lowest BCUT2D eigenvalue weighted by Crippen LogP contribution is -1.93. The quantitative estimate of drug-likeness (QED) is 0.531. The Bertz CT molecular complexity index is 169. The molecule has 0 N–H and O–H groups in total. The molecule has 3 unspecified atom stereocenters. The number of hydrogen-bond acceptors (Lipinski definition) is 0. The SMILES string of the molecule is C=C(C)CC1CC1CCC(C)CC. The molecule has 0 radical (unpaired) electrons. The van der Waals surface area contributed by atoms with E-state index in [2.05, 4.69) is 27.4 Å². The molecule has 0 aliphatic heterocycles. The first kappa shape index (κ1) is 10.8. The second kappa shape index (κ2) is 4.83. The van der Waals surface area contributed by atoms with Crippen LogP contribution in [-0.2, 0) is 0 Å². The minimum Gasteiger partial charge on any atom is -0.100 e. The molecule has 1 saturated carbocycles. The fraction of sp³-hybridized carbons (Fsp3) is 0.846. The third kappa shape index (κ3) is 3.97. The molecule has 0 heterocycles. The lowest BCUT2D eigenvalue weighted by molar-refractivity contribution is 0.465. The van der Waals surface area contributed by atoms with Crippen molar-refractivity contribution in [2.75, 3.05) is 0 Å². The molecule has 0 spiro atoms. The van der Waals surface area contributed by atoms with Gasteiger partial charge in [0.15, 0.2) is 0 Å². The van der Waals surface area contributed by atoms with Gasteiger partial charge >= 0.3 is 0 Å². The zero-order valence-electron chi connectivity index (χ0n) is 9.47. The molecule has 0 aromatic heterocycles. The van der Waals surface area contributed by atoms with Crippen molar-refractivity contribution in [3.8, 4) is 0 Å². The van der Waals surface area contributed by atoms with Crippen LogP contribution in [0.4, 0.5) is 0 Å². The van der Waals surface area contributed by atoms with Gasteiger partial charge in [0, 0.05) is 0 Å². The summed E-state index contributed by atoms with van der Waals surface area (Å²) >= 11 is 0. The highest BCUT2D eigenvalue weighted by Crippen LogP contribution is 2.46. The first-order valence-electron chi connectivity index (χ1n) is 5.77. The van der Waals surface area contributed by atoms with Gasteiger partial charge in [0.1, 0.15) is 0 Å². The lowest BCUT2D eigenvalue weighted by atomic mass is 9.99. The van der Waals surface area contributed by atoms with E-state index in [0.717, 1.165) is 17.8 Å². The zero-order valence-corrected chi connectivity index (χ0v) is 9.47. The molecule has 0 heteroatoms. The summed E-state index contributed by atoms with van der Waals surface area (Å²) in [6.07, 6.45) is 7.01. The maximum Gasteiger partial charge on any atom is -0.0295 e. The highest BCUT2D eigenvalue weighted by atomic mass is 14.4. The molecular formula is C13H24. The number of rotatable bonds is 6. The van der Waals surface area contributed by atoms with Crippen molar-refractivity contribution in [2.24, 2.45) is 17.8 Å². The first-order valence-corrected chi connectivity index (χ1v) is 5.77. The van der Waals surface area contributed by atoms with Gasteiger partial charge in [-0.15, -0.1) is 6.58 Å². The Morgan fingerprint density at radius 3 is 2.69 bits per heavy atom. The van der Waals surface area contributed by atoms with Gasteiger partial charge in [-0.25, -0.2) is 0 Å². The van der Waals surface area contributed by atoms with E-state index in [1.54, 1.807) is 0 Å². The Kier molecular flexibility index (Phi) is 4.02. The number of hydrogen-bond donors (Lipinski definition) is 0. The monoisotopic (exact) mass is 180 g/mol. The van der Waals surface area contributed by atoms with Gasteiger partial charge < -0.3 is 0 Å². The highest BCUT2D eigenvalue weighted by molar-refractivity contribution is 4.98. The Morgan fingerprint density at radius 2 is 2.15 bits per heavy atom. The van der Waals surface area contributed by atoms with E-state index in [-0.39, 0.29) is 0 Å². The van der Waals surface area contributed by atoms with Gasteiger partial charge in [-0.1, -0.05) is 32.3 Å².